The fraction of sp³-hybridized carbons (Fsp3) is 0. The van der Waals surface area contributed by atoms with Crippen LogP contribution in [-0.2, 0) is 11.8 Å². The maximum absolute atomic E-state index is 7.56. The molecule has 0 atom stereocenters. The van der Waals surface area contributed by atoms with Gasteiger partial charge in [0.1, 0.15) is 0 Å². The van der Waals surface area contributed by atoms with E-state index in [1.54, 1.807) is 0 Å². The van der Waals surface area contributed by atoms with Gasteiger partial charge in [-0.2, -0.15) is 0 Å². The second kappa shape index (κ2) is 3.32. The molecule has 0 bridgehead atoms. The number of hydrogen-bond acceptors (Lipinski definition) is 1. The first-order valence-corrected chi connectivity index (χ1v) is 3.44. The first kappa shape index (κ1) is 10.3. The Morgan fingerprint density at radius 3 is 1.17 bits per heavy atom. The molecule has 6 heteroatoms. The standard InChI is InChI=1S/Mg.H3O3PS/c;1-4(2,3)5/h;(H3,1,2,3,5). The number of hydrogen-bond donors (Lipinski definition) is 3. The summed E-state index contributed by atoms with van der Waals surface area (Å²) in [6, 6.07) is 0. The molecule has 0 saturated heterocycles. The van der Waals surface area contributed by atoms with Crippen molar-refractivity contribution in [3.63, 3.8) is 0 Å². The summed E-state index contributed by atoms with van der Waals surface area (Å²) in [6.07, 6.45) is 0. The Bertz CT molecular complexity index is 56.9. The lowest BCUT2D eigenvalue weighted by molar-refractivity contribution is 0.363. The van der Waals surface area contributed by atoms with Crippen molar-refractivity contribution < 1.29 is 14.7 Å². The molecular formula is H3MgO3PS. The van der Waals surface area contributed by atoms with E-state index in [1.165, 1.54) is 0 Å². The van der Waals surface area contributed by atoms with E-state index in [1.807, 2.05) is 0 Å². The van der Waals surface area contributed by atoms with Crippen LogP contribution in [0, 0.1) is 0 Å². The molecule has 0 saturated carbocycles. The van der Waals surface area contributed by atoms with Crippen molar-refractivity contribution in [2.75, 3.05) is 0 Å². The molecular weight excluding hydrogens is 135 g/mol. The summed E-state index contributed by atoms with van der Waals surface area (Å²) in [5.74, 6) is 0. The fourth-order valence-electron chi connectivity index (χ4n) is 0. The summed E-state index contributed by atoms with van der Waals surface area (Å²) in [7, 11) is 0. The van der Waals surface area contributed by atoms with Gasteiger partial charge in [0.05, 0.1) is 0 Å². The van der Waals surface area contributed by atoms with E-state index in [-0.39, 0.29) is 23.1 Å². The molecule has 0 aliphatic heterocycles. The summed E-state index contributed by atoms with van der Waals surface area (Å²) in [4.78, 5) is 22.7. The first-order valence-electron chi connectivity index (χ1n) is 0.783. The highest BCUT2D eigenvalue weighted by Gasteiger charge is 1.92. The number of rotatable bonds is 0. The van der Waals surface area contributed by atoms with Crippen molar-refractivity contribution in [3.8, 4) is 0 Å². The molecule has 0 unspecified atom stereocenters. The Balaban J connectivity index is 0. The smallest absolute Gasteiger partial charge is 0.319 e. The van der Waals surface area contributed by atoms with Gasteiger partial charge in [-0.15, -0.1) is 0 Å². The topological polar surface area (TPSA) is 60.7 Å². The quantitative estimate of drug-likeness (QED) is 0.291. The molecule has 3 N–H and O–H groups in total. The normalized spacial score (nSPS) is 9.83. The van der Waals surface area contributed by atoms with E-state index >= 15 is 0 Å². The summed E-state index contributed by atoms with van der Waals surface area (Å²) in [6.45, 7) is -3.81. The van der Waals surface area contributed by atoms with Crippen LogP contribution < -0.4 is 0 Å². The highest BCUT2D eigenvalue weighted by molar-refractivity contribution is 8.06. The van der Waals surface area contributed by atoms with Crippen LogP contribution in [0.2, 0.25) is 0 Å². The summed E-state index contributed by atoms with van der Waals surface area (Å²) < 4.78 is 0. The summed E-state index contributed by atoms with van der Waals surface area (Å²) in [5, 5.41) is 0. The maximum Gasteiger partial charge on any atom is 0.319 e. The highest BCUT2D eigenvalue weighted by Crippen LogP contribution is 2.26. The van der Waals surface area contributed by atoms with Gasteiger partial charge >= 0.3 is 6.72 Å². The minimum atomic E-state index is -3.81. The minimum Gasteiger partial charge on any atom is -0.325 e. The molecule has 0 amide bonds. The van der Waals surface area contributed by atoms with Gasteiger partial charge in [-0.05, 0) is 11.8 Å². The van der Waals surface area contributed by atoms with Crippen LogP contribution in [0.15, 0.2) is 0 Å². The second-order valence-corrected chi connectivity index (χ2v) is 3.01. The third-order valence-electron chi connectivity index (χ3n) is 0. The fourth-order valence-corrected chi connectivity index (χ4v) is 0. The van der Waals surface area contributed by atoms with Crippen LogP contribution in [0.1, 0.15) is 0 Å². The van der Waals surface area contributed by atoms with Gasteiger partial charge < -0.3 is 14.7 Å². The van der Waals surface area contributed by atoms with Crippen molar-refractivity contribution in [2.45, 2.75) is 0 Å². The molecule has 0 aromatic rings. The van der Waals surface area contributed by atoms with Gasteiger partial charge in [0, 0.05) is 23.1 Å². The molecule has 6 heavy (non-hydrogen) atoms. The van der Waals surface area contributed by atoms with Crippen LogP contribution in [0.25, 0.3) is 0 Å². The Kier molecular flexibility index (Phi) is 5.70. The molecule has 3 nitrogen and oxygen atoms in total. The van der Waals surface area contributed by atoms with Crippen molar-refractivity contribution in [3.05, 3.63) is 0 Å². The van der Waals surface area contributed by atoms with Crippen LogP contribution in [0.3, 0.4) is 0 Å². The lowest BCUT2D eigenvalue weighted by Crippen LogP contribution is -1.65. The van der Waals surface area contributed by atoms with Crippen molar-refractivity contribution in [2.24, 2.45) is 0 Å². The molecule has 34 valence electrons. The highest BCUT2D eigenvalue weighted by atomic mass is 32.5. The zero-order valence-corrected chi connectivity index (χ0v) is 6.03. The first-order chi connectivity index (χ1) is 2.00. The molecule has 0 heterocycles. The maximum atomic E-state index is 7.56. The molecule has 2 radical (unpaired) electrons. The van der Waals surface area contributed by atoms with Gasteiger partial charge in [-0.1, -0.05) is 0 Å². The summed E-state index contributed by atoms with van der Waals surface area (Å²) >= 11 is 3.60. The zero-order chi connectivity index (χ0) is 4.50. The molecule has 0 aromatic heterocycles. The van der Waals surface area contributed by atoms with Crippen molar-refractivity contribution in [1.29, 1.82) is 0 Å². The van der Waals surface area contributed by atoms with E-state index in [9.17, 15) is 0 Å². The minimum absolute atomic E-state index is 0. The molecule has 0 aliphatic rings. The third kappa shape index (κ3) is 58.2. The van der Waals surface area contributed by atoms with E-state index in [2.05, 4.69) is 11.8 Å². The Morgan fingerprint density at radius 1 is 1.17 bits per heavy atom. The molecule has 0 fully saturated rings. The second-order valence-electron chi connectivity index (χ2n) is 0.513. The lowest BCUT2D eigenvalue weighted by Gasteiger charge is -1.88. The Morgan fingerprint density at radius 2 is 1.17 bits per heavy atom. The molecule has 0 aromatic carbocycles. The SMILES string of the molecule is OP(O)(O)=S.[Mg]. The van der Waals surface area contributed by atoms with Gasteiger partial charge in [0.2, 0.25) is 0 Å². The molecule has 0 spiro atoms. The predicted octanol–water partition coefficient (Wildman–Crippen LogP) is -1.19. The molecule has 0 rings (SSSR count). The summed E-state index contributed by atoms with van der Waals surface area (Å²) in [5.41, 5.74) is 0. The van der Waals surface area contributed by atoms with Crippen LogP contribution >= 0.6 is 6.72 Å². The van der Waals surface area contributed by atoms with Gasteiger partial charge in [-0.25, -0.2) is 0 Å². The van der Waals surface area contributed by atoms with Crippen molar-refractivity contribution in [1.82, 2.24) is 0 Å². The lowest BCUT2D eigenvalue weighted by atomic mass is 15.8. The van der Waals surface area contributed by atoms with E-state index in [0.29, 0.717) is 0 Å². The van der Waals surface area contributed by atoms with Crippen LogP contribution in [0.5, 0.6) is 0 Å². The average molecular weight is 138 g/mol. The van der Waals surface area contributed by atoms with Gasteiger partial charge in [0.15, 0.2) is 0 Å². The van der Waals surface area contributed by atoms with Gasteiger partial charge in [-0.3, -0.25) is 0 Å². The average Bonchev–Trinajstić information content (AvgIpc) is 0.722. The van der Waals surface area contributed by atoms with Crippen molar-refractivity contribution >= 4 is 41.6 Å². The Labute approximate surface area is 56.4 Å². The monoisotopic (exact) mass is 138 g/mol. The van der Waals surface area contributed by atoms with Crippen LogP contribution in [0.4, 0.5) is 0 Å². The predicted molar refractivity (Wildman–Crippen MR) is 26.7 cm³/mol. The van der Waals surface area contributed by atoms with Crippen LogP contribution in [-0.4, -0.2) is 37.7 Å². The van der Waals surface area contributed by atoms with E-state index in [4.69, 9.17) is 14.7 Å². The third-order valence-corrected chi connectivity index (χ3v) is 0. The Hall–Kier alpha value is 1.30. The molecule has 0 aliphatic carbocycles. The van der Waals surface area contributed by atoms with E-state index < -0.39 is 6.72 Å². The largest absolute Gasteiger partial charge is 0.325 e. The van der Waals surface area contributed by atoms with Gasteiger partial charge in [0.25, 0.3) is 0 Å². The zero-order valence-electron chi connectivity index (χ0n) is 2.90. The van der Waals surface area contributed by atoms with E-state index in [0.717, 1.165) is 0 Å².